The number of thiazole rings is 1. The summed E-state index contributed by atoms with van der Waals surface area (Å²) in [5.74, 6) is 0.0427. The average Bonchev–Trinajstić information content (AvgIpc) is 3.03. The minimum atomic E-state index is 0.0427. The van der Waals surface area contributed by atoms with Crippen LogP contribution in [0.15, 0.2) is 18.6 Å². The second-order valence-corrected chi connectivity index (χ2v) is 5.54. The molecular weight excluding hydrogens is 260 g/mol. The molecule has 2 rings (SSSR count). The molecule has 0 fully saturated rings. The Bertz CT molecular complexity index is 560. The molecule has 0 saturated heterocycles. The van der Waals surface area contributed by atoms with Crippen molar-refractivity contribution < 1.29 is 4.79 Å². The van der Waals surface area contributed by atoms with Crippen molar-refractivity contribution in [2.45, 2.75) is 19.8 Å². The Morgan fingerprint density at radius 2 is 2.26 bits per heavy atom. The highest BCUT2D eigenvalue weighted by atomic mass is 32.1. The van der Waals surface area contributed by atoms with Gasteiger partial charge in [0.25, 0.3) is 5.91 Å². The van der Waals surface area contributed by atoms with Crippen molar-refractivity contribution in [1.82, 2.24) is 19.7 Å². The number of carbonyl (C=O) groups excluding carboxylic acids is 1. The van der Waals surface area contributed by atoms with E-state index in [0.717, 1.165) is 30.0 Å². The van der Waals surface area contributed by atoms with Gasteiger partial charge in [0, 0.05) is 32.4 Å². The van der Waals surface area contributed by atoms with Crippen molar-refractivity contribution in [3.63, 3.8) is 0 Å². The van der Waals surface area contributed by atoms with Gasteiger partial charge in [-0.2, -0.15) is 5.10 Å². The fourth-order valence-electron chi connectivity index (χ4n) is 1.72. The number of rotatable bonds is 5. The van der Waals surface area contributed by atoms with Crippen LogP contribution in [0.2, 0.25) is 0 Å². The van der Waals surface area contributed by atoms with Gasteiger partial charge in [-0.05, 0) is 6.42 Å². The number of aromatic nitrogens is 3. The van der Waals surface area contributed by atoms with E-state index in [1.54, 1.807) is 22.0 Å². The molecule has 0 radical (unpaired) electrons. The Morgan fingerprint density at radius 3 is 2.89 bits per heavy atom. The van der Waals surface area contributed by atoms with Crippen molar-refractivity contribution in [1.29, 1.82) is 0 Å². The van der Waals surface area contributed by atoms with Gasteiger partial charge >= 0.3 is 0 Å². The first kappa shape index (κ1) is 13.7. The molecular formula is C13H18N4OS. The van der Waals surface area contributed by atoms with E-state index in [4.69, 9.17) is 0 Å². The van der Waals surface area contributed by atoms with E-state index in [1.165, 1.54) is 11.3 Å². The van der Waals surface area contributed by atoms with Crippen molar-refractivity contribution in [2.24, 2.45) is 7.05 Å². The van der Waals surface area contributed by atoms with Crippen LogP contribution >= 0.6 is 11.3 Å². The number of hydrogen-bond donors (Lipinski definition) is 0. The largest absolute Gasteiger partial charge is 0.341 e. The lowest BCUT2D eigenvalue weighted by molar-refractivity contribution is 0.0798. The Labute approximate surface area is 116 Å². The maximum absolute atomic E-state index is 12.2. The molecule has 1 amide bonds. The molecule has 2 heterocycles. The highest BCUT2D eigenvalue weighted by Crippen LogP contribution is 2.25. The summed E-state index contributed by atoms with van der Waals surface area (Å²) in [4.78, 5) is 18.9. The molecule has 102 valence electrons. The molecule has 2 aromatic heterocycles. The number of unbranched alkanes of at least 4 members (excludes halogenated alkanes) is 1. The molecule has 0 unspecified atom stereocenters. The Balaban J connectivity index is 2.10. The van der Waals surface area contributed by atoms with Gasteiger partial charge in [-0.25, -0.2) is 4.98 Å². The molecule has 2 aromatic rings. The molecule has 0 N–H and O–H groups in total. The van der Waals surface area contributed by atoms with Gasteiger partial charge in [0.2, 0.25) is 0 Å². The summed E-state index contributed by atoms with van der Waals surface area (Å²) in [5, 5.41) is 4.94. The number of carbonyl (C=O) groups is 1. The normalized spacial score (nSPS) is 10.7. The van der Waals surface area contributed by atoms with E-state index in [0.29, 0.717) is 4.88 Å². The van der Waals surface area contributed by atoms with Crippen LogP contribution in [0.5, 0.6) is 0 Å². The molecule has 0 bridgehead atoms. The number of amides is 1. The van der Waals surface area contributed by atoms with Crippen LogP contribution < -0.4 is 0 Å². The summed E-state index contributed by atoms with van der Waals surface area (Å²) >= 11 is 1.41. The molecule has 0 aliphatic carbocycles. The van der Waals surface area contributed by atoms with Crippen LogP contribution in [0.25, 0.3) is 10.6 Å². The van der Waals surface area contributed by atoms with E-state index in [2.05, 4.69) is 17.0 Å². The highest BCUT2D eigenvalue weighted by molar-refractivity contribution is 7.16. The van der Waals surface area contributed by atoms with E-state index in [9.17, 15) is 4.79 Å². The fourth-order valence-corrected chi connectivity index (χ4v) is 2.61. The third kappa shape index (κ3) is 3.20. The summed E-state index contributed by atoms with van der Waals surface area (Å²) in [6.45, 7) is 2.90. The minimum absolute atomic E-state index is 0.0427. The summed E-state index contributed by atoms with van der Waals surface area (Å²) < 4.78 is 1.73. The van der Waals surface area contributed by atoms with Crippen molar-refractivity contribution in [3.8, 4) is 10.6 Å². The van der Waals surface area contributed by atoms with E-state index in [-0.39, 0.29) is 5.91 Å². The molecule has 0 aromatic carbocycles. The van der Waals surface area contributed by atoms with Crippen LogP contribution in [0.1, 0.15) is 29.4 Å². The first-order valence-electron chi connectivity index (χ1n) is 6.32. The molecule has 0 saturated carbocycles. The molecule has 0 spiro atoms. The van der Waals surface area contributed by atoms with Gasteiger partial charge < -0.3 is 4.90 Å². The standard InChI is InChI=1S/C13H18N4OS/c1-4-5-6-16(2)13(18)11-8-14-12(19-11)10-7-15-17(3)9-10/h7-9H,4-6H2,1-3H3. The summed E-state index contributed by atoms with van der Waals surface area (Å²) in [6.07, 6.45) is 7.41. The van der Waals surface area contributed by atoms with Crippen LogP contribution in [0, 0.1) is 0 Å². The zero-order valence-corrected chi connectivity index (χ0v) is 12.3. The third-order valence-electron chi connectivity index (χ3n) is 2.86. The third-order valence-corrected chi connectivity index (χ3v) is 3.90. The molecule has 0 aliphatic heterocycles. The second kappa shape index (κ2) is 5.97. The zero-order chi connectivity index (χ0) is 13.8. The number of nitrogens with zero attached hydrogens (tertiary/aromatic N) is 4. The summed E-state index contributed by atoms with van der Waals surface area (Å²) in [6, 6.07) is 0. The van der Waals surface area contributed by atoms with E-state index >= 15 is 0 Å². The average molecular weight is 278 g/mol. The molecule has 19 heavy (non-hydrogen) atoms. The van der Waals surface area contributed by atoms with Crippen LogP contribution in [-0.2, 0) is 7.05 Å². The SMILES string of the molecule is CCCCN(C)C(=O)c1cnc(-c2cnn(C)c2)s1. The van der Waals surface area contributed by atoms with Crippen LogP contribution in [-0.4, -0.2) is 39.2 Å². The maximum Gasteiger partial charge on any atom is 0.265 e. The van der Waals surface area contributed by atoms with Gasteiger partial charge in [0.15, 0.2) is 0 Å². The Kier molecular flexibility index (Phi) is 4.31. The maximum atomic E-state index is 12.2. The van der Waals surface area contributed by atoms with Gasteiger partial charge in [-0.1, -0.05) is 13.3 Å². The molecule has 6 heteroatoms. The highest BCUT2D eigenvalue weighted by Gasteiger charge is 2.15. The van der Waals surface area contributed by atoms with Gasteiger partial charge in [-0.15, -0.1) is 11.3 Å². The summed E-state index contributed by atoms with van der Waals surface area (Å²) in [5.41, 5.74) is 0.947. The van der Waals surface area contributed by atoms with Gasteiger partial charge in [-0.3, -0.25) is 9.48 Å². The van der Waals surface area contributed by atoms with Crippen molar-refractivity contribution in [3.05, 3.63) is 23.5 Å². The van der Waals surface area contributed by atoms with Crippen molar-refractivity contribution >= 4 is 17.2 Å². The quantitative estimate of drug-likeness (QED) is 0.844. The van der Waals surface area contributed by atoms with E-state index in [1.807, 2.05) is 20.3 Å². The topological polar surface area (TPSA) is 51.0 Å². The number of hydrogen-bond acceptors (Lipinski definition) is 4. The van der Waals surface area contributed by atoms with Crippen molar-refractivity contribution in [2.75, 3.05) is 13.6 Å². The lowest BCUT2D eigenvalue weighted by Crippen LogP contribution is -2.26. The summed E-state index contributed by atoms with van der Waals surface area (Å²) in [7, 11) is 3.70. The zero-order valence-electron chi connectivity index (χ0n) is 11.5. The number of aryl methyl sites for hydroxylation is 1. The minimum Gasteiger partial charge on any atom is -0.341 e. The smallest absolute Gasteiger partial charge is 0.265 e. The van der Waals surface area contributed by atoms with Gasteiger partial charge in [0.05, 0.1) is 12.4 Å². The first-order valence-corrected chi connectivity index (χ1v) is 7.13. The Morgan fingerprint density at radius 1 is 1.47 bits per heavy atom. The predicted molar refractivity (Wildman–Crippen MR) is 76.2 cm³/mol. The Hall–Kier alpha value is -1.69. The first-order chi connectivity index (χ1) is 9.11. The lowest BCUT2D eigenvalue weighted by Gasteiger charge is -2.14. The van der Waals surface area contributed by atoms with E-state index < -0.39 is 0 Å². The second-order valence-electron chi connectivity index (χ2n) is 4.51. The molecule has 0 atom stereocenters. The molecule has 5 nitrogen and oxygen atoms in total. The molecule has 0 aliphatic rings. The fraction of sp³-hybridized carbons (Fsp3) is 0.462. The van der Waals surface area contributed by atoms with Crippen LogP contribution in [0.3, 0.4) is 0 Å². The van der Waals surface area contributed by atoms with Gasteiger partial charge in [0.1, 0.15) is 9.88 Å². The lowest BCUT2D eigenvalue weighted by atomic mass is 10.3. The monoisotopic (exact) mass is 278 g/mol. The predicted octanol–water partition coefficient (Wildman–Crippen LogP) is 2.42. The van der Waals surface area contributed by atoms with Crippen LogP contribution in [0.4, 0.5) is 0 Å².